The third kappa shape index (κ3) is 4.93. The van der Waals surface area contributed by atoms with Crippen LogP contribution in [0.15, 0.2) is 71.5 Å². The van der Waals surface area contributed by atoms with E-state index in [-0.39, 0.29) is 16.9 Å². The Kier molecular flexibility index (Phi) is 6.81. The summed E-state index contributed by atoms with van der Waals surface area (Å²) in [6.07, 6.45) is 4.09. The van der Waals surface area contributed by atoms with Gasteiger partial charge in [0.2, 0.25) is 10.0 Å². The van der Waals surface area contributed by atoms with E-state index >= 15 is 0 Å². The van der Waals surface area contributed by atoms with Gasteiger partial charge in [-0.25, -0.2) is 27.8 Å². The van der Waals surface area contributed by atoms with Crippen molar-refractivity contribution in [1.29, 1.82) is 0 Å². The molecule has 0 bridgehead atoms. The molecule has 13 heteroatoms. The highest BCUT2D eigenvalue weighted by Crippen LogP contribution is 2.43. The molecule has 3 aromatic heterocycles. The predicted octanol–water partition coefficient (Wildman–Crippen LogP) is 5.00. The number of carbonyl (C=O) groups excluding carboxylic acids is 1. The van der Waals surface area contributed by atoms with Gasteiger partial charge in [-0.05, 0) is 48.0 Å². The number of anilines is 1. The number of aromatic amines is 1. The summed E-state index contributed by atoms with van der Waals surface area (Å²) in [6.45, 7) is 0. The van der Waals surface area contributed by atoms with E-state index in [2.05, 4.69) is 25.3 Å². The number of benzene rings is 3. The van der Waals surface area contributed by atoms with Gasteiger partial charge in [0.25, 0.3) is 5.91 Å². The van der Waals surface area contributed by atoms with E-state index < -0.39 is 21.7 Å². The van der Waals surface area contributed by atoms with Gasteiger partial charge in [-0.3, -0.25) is 9.10 Å². The number of ether oxygens (including phenoxy) is 1. The van der Waals surface area contributed by atoms with Crippen molar-refractivity contribution in [2.24, 2.45) is 0 Å². The number of nitrogens with zero attached hydrogens (tertiary/aromatic N) is 4. The molecule has 2 N–H and O–H groups in total. The zero-order valence-electron chi connectivity index (χ0n) is 23.5. The first-order valence-electron chi connectivity index (χ1n) is 13.0. The fourth-order valence-electron chi connectivity index (χ4n) is 4.91. The number of nitrogens with one attached hydrogen (secondary N) is 2. The van der Waals surface area contributed by atoms with Crippen molar-refractivity contribution in [2.75, 3.05) is 31.8 Å². The fourth-order valence-corrected chi connectivity index (χ4v) is 5.41. The van der Waals surface area contributed by atoms with E-state index in [1.54, 1.807) is 30.5 Å². The van der Waals surface area contributed by atoms with Crippen LogP contribution in [0.3, 0.4) is 0 Å². The minimum Gasteiger partial charge on any atom is -0.496 e. The highest BCUT2D eigenvalue weighted by Gasteiger charge is 2.26. The first kappa shape index (κ1) is 27.8. The third-order valence-electron chi connectivity index (χ3n) is 7.13. The highest BCUT2D eigenvalue weighted by atomic mass is 32.2. The number of aromatic nitrogens is 4. The van der Waals surface area contributed by atoms with Gasteiger partial charge in [0.15, 0.2) is 5.65 Å². The third-order valence-corrected chi connectivity index (χ3v) is 8.32. The quantitative estimate of drug-likeness (QED) is 0.261. The maximum Gasteiger partial charge on any atom is 0.255 e. The number of sulfonamides is 1. The van der Waals surface area contributed by atoms with Crippen molar-refractivity contribution < 1.29 is 26.8 Å². The molecule has 0 unspecified atom stereocenters. The second-order valence-corrected chi connectivity index (χ2v) is 11.8. The lowest BCUT2D eigenvalue weighted by Gasteiger charge is -2.21. The SMILES string of the molecule is CNC(=O)c1c(-c2ccc(F)cc2)oc2cc(N(C)S(C)(=O)=O)c(-c3ccc(OC)c(-c4nc5cncnc5[nH]4)c3)cc12. The largest absolute Gasteiger partial charge is 0.496 e. The average molecular weight is 601 g/mol. The van der Waals surface area contributed by atoms with Gasteiger partial charge in [0.1, 0.15) is 40.6 Å². The van der Waals surface area contributed by atoms with Crippen LogP contribution in [0.25, 0.3) is 56.0 Å². The van der Waals surface area contributed by atoms with Crippen LogP contribution >= 0.6 is 0 Å². The van der Waals surface area contributed by atoms with Crippen molar-refractivity contribution in [3.8, 4) is 39.6 Å². The van der Waals surface area contributed by atoms with Gasteiger partial charge in [0, 0.05) is 36.7 Å². The summed E-state index contributed by atoms with van der Waals surface area (Å²) in [7, 11) is 0.751. The molecule has 11 nitrogen and oxygen atoms in total. The number of methoxy groups -OCH3 is 1. The standard InChI is InChI=1S/C30H25FN6O5S/c1-32-30(38)26-20-12-19(17-7-10-24(41-3)21(11-17)28-35-22-14-33-15-34-29(22)36-28)23(37(2)43(4,39)40)13-25(20)42-27(26)16-5-8-18(31)9-6-16/h5-15H,1-4H3,(H,32,38)(H,33,34,35,36). The smallest absolute Gasteiger partial charge is 0.255 e. The first-order chi connectivity index (χ1) is 20.6. The Morgan fingerprint density at radius 1 is 1.07 bits per heavy atom. The maximum absolute atomic E-state index is 13.7. The second-order valence-electron chi connectivity index (χ2n) is 9.75. The molecule has 3 heterocycles. The Bertz CT molecular complexity index is 2110. The molecule has 0 aliphatic carbocycles. The number of carbonyl (C=O) groups is 1. The van der Waals surface area contributed by atoms with Crippen LogP contribution in [-0.4, -0.2) is 61.7 Å². The lowest BCUT2D eigenvalue weighted by atomic mass is 9.97. The predicted molar refractivity (Wildman–Crippen MR) is 161 cm³/mol. The number of hydrogen-bond donors (Lipinski definition) is 2. The van der Waals surface area contributed by atoms with Crippen molar-refractivity contribution in [3.63, 3.8) is 0 Å². The summed E-state index contributed by atoms with van der Waals surface area (Å²) in [5, 5.41) is 3.08. The van der Waals surface area contributed by atoms with Gasteiger partial charge < -0.3 is 19.5 Å². The van der Waals surface area contributed by atoms with E-state index in [0.717, 1.165) is 10.6 Å². The van der Waals surface area contributed by atoms with Gasteiger partial charge >= 0.3 is 0 Å². The Morgan fingerprint density at radius 3 is 2.49 bits per heavy atom. The lowest BCUT2D eigenvalue weighted by molar-refractivity contribution is 0.0964. The van der Waals surface area contributed by atoms with Crippen molar-refractivity contribution in [2.45, 2.75) is 0 Å². The zero-order chi connectivity index (χ0) is 30.5. The summed E-state index contributed by atoms with van der Waals surface area (Å²) in [5.74, 6) is 0.349. The number of fused-ring (bicyclic) bond motifs is 2. The molecule has 218 valence electrons. The molecule has 6 aromatic rings. The van der Waals surface area contributed by atoms with E-state index in [0.29, 0.717) is 56.1 Å². The van der Waals surface area contributed by atoms with E-state index in [1.165, 1.54) is 51.8 Å². The Hall–Kier alpha value is -5.30. The molecule has 43 heavy (non-hydrogen) atoms. The molecule has 0 atom stereocenters. The number of rotatable bonds is 7. The van der Waals surface area contributed by atoms with Crippen LogP contribution in [-0.2, 0) is 10.0 Å². The molecular weight excluding hydrogens is 575 g/mol. The minimum absolute atomic E-state index is 0.221. The van der Waals surface area contributed by atoms with Gasteiger partial charge in [-0.15, -0.1) is 0 Å². The van der Waals surface area contributed by atoms with E-state index in [1.807, 2.05) is 6.07 Å². The van der Waals surface area contributed by atoms with Crippen molar-refractivity contribution in [1.82, 2.24) is 25.3 Å². The van der Waals surface area contributed by atoms with Crippen molar-refractivity contribution >= 4 is 43.8 Å². The summed E-state index contributed by atoms with van der Waals surface area (Å²) in [5.41, 5.74) is 4.10. The lowest BCUT2D eigenvalue weighted by Crippen LogP contribution is -2.25. The van der Waals surface area contributed by atoms with Gasteiger partial charge in [-0.2, -0.15) is 0 Å². The molecular formula is C30H25FN6O5S. The Morgan fingerprint density at radius 2 is 1.81 bits per heavy atom. The Labute approximate surface area is 245 Å². The van der Waals surface area contributed by atoms with Crippen molar-refractivity contribution in [3.05, 3.63) is 78.5 Å². The molecule has 0 fully saturated rings. The van der Waals surface area contributed by atoms with Crippen LogP contribution in [0.1, 0.15) is 10.4 Å². The number of H-pyrrole nitrogens is 1. The van der Waals surface area contributed by atoms with E-state index in [9.17, 15) is 17.6 Å². The fraction of sp³-hybridized carbons (Fsp3) is 0.133. The highest BCUT2D eigenvalue weighted by molar-refractivity contribution is 7.92. The zero-order valence-corrected chi connectivity index (χ0v) is 24.3. The molecule has 1 amide bonds. The van der Waals surface area contributed by atoms with Gasteiger partial charge in [0.05, 0.1) is 36.4 Å². The van der Waals surface area contributed by atoms with Crippen LogP contribution in [0.5, 0.6) is 5.75 Å². The number of imidazole rings is 1. The Balaban J connectivity index is 1.64. The molecule has 0 radical (unpaired) electrons. The molecule has 3 aromatic carbocycles. The van der Waals surface area contributed by atoms with Gasteiger partial charge in [-0.1, -0.05) is 6.07 Å². The molecule has 0 saturated carbocycles. The maximum atomic E-state index is 13.7. The molecule has 0 saturated heterocycles. The number of amides is 1. The molecule has 0 aliphatic heterocycles. The molecule has 6 rings (SSSR count). The first-order valence-corrected chi connectivity index (χ1v) is 14.8. The second kappa shape index (κ2) is 10.5. The molecule has 0 spiro atoms. The number of hydrogen-bond acceptors (Lipinski definition) is 8. The van der Waals surface area contributed by atoms with Crippen LogP contribution in [0.2, 0.25) is 0 Å². The van der Waals surface area contributed by atoms with E-state index in [4.69, 9.17) is 9.15 Å². The molecule has 0 aliphatic rings. The van der Waals surface area contributed by atoms with Crippen LogP contribution in [0.4, 0.5) is 10.1 Å². The topological polar surface area (TPSA) is 143 Å². The average Bonchev–Trinajstić information content (AvgIpc) is 3.61. The minimum atomic E-state index is -3.72. The summed E-state index contributed by atoms with van der Waals surface area (Å²) in [4.78, 5) is 29.2. The number of furan rings is 1. The monoisotopic (exact) mass is 600 g/mol. The summed E-state index contributed by atoms with van der Waals surface area (Å²) >= 11 is 0. The number of halogens is 1. The van der Waals surface area contributed by atoms with Crippen LogP contribution in [0, 0.1) is 5.82 Å². The normalized spacial score (nSPS) is 11.7. The van der Waals surface area contributed by atoms with Crippen LogP contribution < -0.4 is 14.4 Å². The summed E-state index contributed by atoms with van der Waals surface area (Å²) < 4.78 is 52.1. The summed E-state index contributed by atoms with van der Waals surface area (Å²) in [6, 6.07) is 14.2.